The van der Waals surface area contributed by atoms with Gasteiger partial charge in [-0.15, -0.1) is 12.4 Å². The van der Waals surface area contributed by atoms with Crippen LogP contribution in [0.2, 0.25) is 5.02 Å². The second-order valence-electron chi connectivity index (χ2n) is 5.42. The molecule has 6 heteroatoms. The van der Waals surface area contributed by atoms with Gasteiger partial charge in [0.2, 0.25) is 0 Å². The van der Waals surface area contributed by atoms with Gasteiger partial charge >= 0.3 is 6.18 Å². The van der Waals surface area contributed by atoms with Gasteiger partial charge in [0, 0.05) is 17.0 Å². The Kier molecular flexibility index (Phi) is 6.93. The molecule has 0 spiro atoms. The summed E-state index contributed by atoms with van der Waals surface area (Å²) in [5.41, 5.74) is 6.94. The fraction of sp³-hybridized carbons (Fsp3) is 0.294. The fourth-order valence-electron chi connectivity index (χ4n) is 2.43. The highest BCUT2D eigenvalue weighted by molar-refractivity contribution is 6.30. The summed E-state index contributed by atoms with van der Waals surface area (Å²) < 4.78 is 38.6. The van der Waals surface area contributed by atoms with Gasteiger partial charge in [0.1, 0.15) is 0 Å². The zero-order chi connectivity index (χ0) is 16.3. The van der Waals surface area contributed by atoms with Crippen molar-refractivity contribution in [3.63, 3.8) is 0 Å². The van der Waals surface area contributed by atoms with Crippen molar-refractivity contribution in [1.29, 1.82) is 0 Å². The maximum absolute atomic E-state index is 12.9. The van der Waals surface area contributed by atoms with Gasteiger partial charge in [-0.1, -0.05) is 41.9 Å². The Morgan fingerprint density at radius 1 is 1.09 bits per heavy atom. The number of rotatable bonds is 4. The molecule has 0 aliphatic heterocycles. The van der Waals surface area contributed by atoms with Crippen LogP contribution in [-0.2, 0) is 12.6 Å². The van der Waals surface area contributed by atoms with Crippen molar-refractivity contribution in [2.75, 3.05) is 0 Å². The number of halogens is 5. The zero-order valence-electron chi connectivity index (χ0n) is 12.5. The van der Waals surface area contributed by atoms with Crippen LogP contribution in [0.15, 0.2) is 48.5 Å². The largest absolute Gasteiger partial charge is 0.416 e. The van der Waals surface area contributed by atoms with Crippen molar-refractivity contribution in [3.05, 3.63) is 70.2 Å². The van der Waals surface area contributed by atoms with Gasteiger partial charge in [0.25, 0.3) is 0 Å². The van der Waals surface area contributed by atoms with Gasteiger partial charge in [0.15, 0.2) is 0 Å². The van der Waals surface area contributed by atoms with Crippen LogP contribution in [0.25, 0.3) is 0 Å². The van der Waals surface area contributed by atoms with E-state index in [1.54, 1.807) is 25.1 Å². The van der Waals surface area contributed by atoms with Gasteiger partial charge in [0.05, 0.1) is 5.56 Å². The quantitative estimate of drug-likeness (QED) is 0.767. The van der Waals surface area contributed by atoms with Gasteiger partial charge in [-0.25, -0.2) is 0 Å². The second kappa shape index (κ2) is 8.04. The topological polar surface area (TPSA) is 26.0 Å². The van der Waals surface area contributed by atoms with E-state index in [0.717, 1.165) is 11.6 Å². The van der Waals surface area contributed by atoms with Crippen molar-refractivity contribution < 1.29 is 13.2 Å². The molecule has 2 rings (SSSR count). The van der Waals surface area contributed by atoms with Crippen molar-refractivity contribution in [3.8, 4) is 0 Å². The van der Waals surface area contributed by atoms with E-state index in [-0.39, 0.29) is 24.4 Å². The highest BCUT2D eigenvalue weighted by Gasteiger charge is 2.31. The molecule has 0 aromatic heterocycles. The summed E-state index contributed by atoms with van der Waals surface area (Å²) in [4.78, 5) is 0. The molecule has 0 aliphatic rings. The third-order valence-corrected chi connectivity index (χ3v) is 3.90. The molecule has 2 aromatic carbocycles. The zero-order valence-corrected chi connectivity index (χ0v) is 14.1. The van der Waals surface area contributed by atoms with Crippen LogP contribution in [0.5, 0.6) is 0 Å². The van der Waals surface area contributed by atoms with Gasteiger partial charge in [-0.2, -0.15) is 13.2 Å². The first-order valence-electron chi connectivity index (χ1n) is 6.94. The standard InChI is InChI=1S/C17H17ClF3N.ClH/c1-11(22)16(9-12-5-7-15(18)8-6-12)13-3-2-4-14(10-13)17(19,20)21;/h2-8,10-11,16H,9,22H2,1H3;1H. The molecule has 0 radical (unpaired) electrons. The van der Waals surface area contributed by atoms with Gasteiger partial charge < -0.3 is 5.73 Å². The molecule has 0 bridgehead atoms. The number of benzene rings is 2. The molecule has 0 saturated heterocycles. The molecule has 126 valence electrons. The highest BCUT2D eigenvalue weighted by Crippen LogP contribution is 2.32. The van der Waals surface area contributed by atoms with Crippen LogP contribution in [-0.4, -0.2) is 6.04 Å². The molecule has 2 atom stereocenters. The first-order valence-corrected chi connectivity index (χ1v) is 7.32. The van der Waals surface area contributed by atoms with Crippen molar-refractivity contribution in [1.82, 2.24) is 0 Å². The minimum Gasteiger partial charge on any atom is -0.327 e. The van der Waals surface area contributed by atoms with Crippen LogP contribution in [0.3, 0.4) is 0 Å². The van der Waals surface area contributed by atoms with Crippen molar-refractivity contribution in [2.45, 2.75) is 31.5 Å². The van der Waals surface area contributed by atoms with E-state index in [4.69, 9.17) is 17.3 Å². The SMILES string of the molecule is CC(N)C(Cc1ccc(Cl)cc1)c1cccc(C(F)(F)F)c1.Cl. The Hall–Kier alpha value is -1.23. The number of alkyl halides is 3. The van der Waals surface area contributed by atoms with E-state index in [1.165, 1.54) is 12.1 Å². The van der Waals surface area contributed by atoms with Crippen LogP contribution in [0.4, 0.5) is 13.2 Å². The Bertz CT molecular complexity index is 624. The smallest absolute Gasteiger partial charge is 0.327 e. The molecule has 2 unspecified atom stereocenters. The molecular weight excluding hydrogens is 346 g/mol. The van der Waals surface area contributed by atoms with E-state index in [2.05, 4.69) is 0 Å². The average Bonchev–Trinajstić information content (AvgIpc) is 2.45. The van der Waals surface area contributed by atoms with Crippen LogP contribution in [0, 0.1) is 0 Å². The second-order valence-corrected chi connectivity index (χ2v) is 5.86. The monoisotopic (exact) mass is 363 g/mol. The van der Waals surface area contributed by atoms with E-state index < -0.39 is 11.7 Å². The molecule has 0 aliphatic carbocycles. The van der Waals surface area contributed by atoms with Crippen LogP contribution in [0.1, 0.15) is 29.5 Å². The summed E-state index contributed by atoms with van der Waals surface area (Å²) in [6.07, 6.45) is -3.78. The van der Waals surface area contributed by atoms with E-state index in [1.807, 2.05) is 12.1 Å². The fourth-order valence-corrected chi connectivity index (χ4v) is 2.55. The average molecular weight is 364 g/mol. The summed E-state index contributed by atoms with van der Waals surface area (Å²) in [5, 5.41) is 0.625. The van der Waals surface area contributed by atoms with E-state index >= 15 is 0 Å². The van der Waals surface area contributed by atoms with E-state index in [9.17, 15) is 13.2 Å². The Balaban J connectivity index is 0.00000264. The lowest BCUT2D eigenvalue weighted by Gasteiger charge is -2.22. The Morgan fingerprint density at radius 2 is 1.70 bits per heavy atom. The lowest BCUT2D eigenvalue weighted by Crippen LogP contribution is -2.26. The molecular formula is C17H18Cl2F3N. The molecule has 23 heavy (non-hydrogen) atoms. The summed E-state index contributed by atoms with van der Waals surface area (Å²) in [5.74, 6) is -0.191. The first-order chi connectivity index (χ1) is 10.3. The van der Waals surface area contributed by atoms with Gasteiger partial charge in [-0.3, -0.25) is 0 Å². The maximum Gasteiger partial charge on any atom is 0.416 e. The predicted octanol–water partition coefficient (Wildman–Crippen LogP) is 5.45. The van der Waals surface area contributed by atoms with Crippen molar-refractivity contribution in [2.24, 2.45) is 5.73 Å². The molecule has 0 amide bonds. The van der Waals surface area contributed by atoms with Crippen LogP contribution >= 0.6 is 24.0 Å². The lowest BCUT2D eigenvalue weighted by atomic mass is 9.86. The molecule has 0 fully saturated rings. The Morgan fingerprint density at radius 3 is 2.22 bits per heavy atom. The summed E-state index contributed by atoms with van der Waals surface area (Å²) in [6.45, 7) is 1.81. The highest BCUT2D eigenvalue weighted by atomic mass is 35.5. The molecule has 0 saturated carbocycles. The molecule has 2 aromatic rings. The molecule has 2 N–H and O–H groups in total. The normalized spacial score (nSPS) is 14.0. The number of nitrogens with two attached hydrogens (primary N) is 1. The summed E-state index contributed by atoms with van der Waals surface area (Å²) in [6, 6.07) is 12.4. The molecule has 1 nitrogen and oxygen atoms in total. The third-order valence-electron chi connectivity index (χ3n) is 3.65. The number of hydrogen-bond donors (Lipinski definition) is 1. The van der Waals surface area contributed by atoms with E-state index in [0.29, 0.717) is 17.0 Å². The minimum absolute atomic E-state index is 0. The van der Waals surface area contributed by atoms with Crippen molar-refractivity contribution >= 4 is 24.0 Å². The lowest BCUT2D eigenvalue weighted by molar-refractivity contribution is -0.137. The summed E-state index contributed by atoms with van der Waals surface area (Å²) >= 11 is 5.85. The summed E-state index contributed by atoms with van der Waals surface area (Å²) in [7, 11) is 0. The number of hydrogen-bond acceptors (Lipinski definition) is 1. The minimum atomic E-state index is -4.35. The van der Waals surface area contributed by atoms with Gasteiger partial charge in [-0.05, 0) is 42.7 Å². The molecule has 0 heterocycles. The third kappa shape index (κ3) is 5.41. The predicted molar refractivity (Wildman–Crippen MR) is 90.2 cm³/mol. The first kappa shape index (κ1) is 19.8. The maximum atomic E-state index is 12.9. The van der Waals surface area contributed by atoms with Crippen LogP contribution < -0.4 is 5.73 Å². The Labute approximate surface area is 145 Å².